The van der Waals surface area contributed by atoms with Gasteiger partial charge in [-0.15, -0.1) is 0 Å². The first kappa shape index (κ1) is 16.8. The number of hydrogen-bond donors (Lipinski definition) is 3. The molecule has 0 radical (unpaired) electrons. The van der Waals surface area contributed by atoms with Gasteiger partial charge in [-0.3, -0.25) is 9.89 Å². The molecule has 0 saturated carbocycles. The second-order valence-corrected chi connectivity index (χ2v) is 6.97. The quantitative estimate of drug-likeness (QED) is 0.612. The van der Waals surface area contributed by atoms with Crippen LogP contribution in [-0.4, -0.2) is 44.4 Å². The van der Waals surface area contributed by atoms with Crippen molar-refractivity contribution in [3.8, 4) is 17.0 Å². The predicted molar refractivity (Wildman–Crippen MR) is 99.8 cm³/mol. The van der Waals surface area contributed by atoms with E-state index in [0.29, 0.717) is 22.5 Å². The maximum atomic E-state index is 12.8. The highest BCUT2D eigenvalue weighted by atomic mass is 79.9. The van der Waals surface area contributed by atoms with Crippen LogP contribution in [0.5, 0.6) is 5.75 Å². The van der Waals surface area contributed by atoms with E-state index in [2.05, 4.69) is 26.1 Å². The molecule has 1 amide bonds. The molecule has 3 N–H and O–H groups in total. The van der Waals surface area contributed by atoms with Gasteiger partial charge in [0, 0.05) is 22.1 Å². The highest BCUT2D eigenvalue weighted by Crippen LogP contribution is 2.44. The minimum absolute atomic E-state index is 0.101. The third kappa shape index (κ3) is 2.60. The maximum Gasteiger partial charge on any atom is 0.273 e. The van der Waals surface area contributed by atoms with Gasteiger partial charge >= 0.3 is 0 Å². The molecule has 6 nitrogen and oxygen atoms in total. The van der Waals surface area contributed by atoms with Gasteiger partial charge in [0.15, 0.2) is 0 Å². The first-order chi connectivity index (χ1) is 12.6. The second kappa shape index (κ2) is 6.59. The number of nitrogens with one attached hydrogen (secondary N) is 1. The van der Waals surface area contributed by atoms with Crippen molar-refractivity contribution in [1.82, 2.24) is 15.1 Å². The number of hydrogen-bond acceptors (Lipinski definition) is 4. The molecular formula is C19H16BrN3O3. The average molecular weight is 414 g/mol. The number of H-pyrrole nitrogens is 1. The third-order valence-electron chi connectivity index (χ3n) is 4.55. The molecule has 26 heavy (non-hydrogen) atoms. The van der Waals surface area contributed by atoms with Crippen LogP contribution in [0.4, 0.5) is 0 Å². The molecule has 1 aromatic heterocycles. The minimum Gasteiger partial charge on any atom is -0.507 e. The zero-order valence-electron chi connectivity index (χ0n) is 13.7. The van der Waals surface area contributed by atoms with Crippen LogP contribution in [0.3, 0.4) is 0 Å². The van der Waals surface area contributed by atoms with E-state index in [0.717, 1.165) is 10.0 Å². The number of aliphatic hydroxyl groups is 1. The van der Waals surface area contributed by atoms with Crippen molar-refractivity contribution in [2.24, 2.45) is 0 Å². The summed E-state index contributed by atoms with van der Waals surface area (Å²) in [6, 6.07) is 14.2. The Morgan fingerprint density at radius 2 is 1.88 bits per heavy atom. The van der Waals surface area contributed by atoms with Crippen LogP contribution in [0.1, 0.15) is 27.7 Å². The van der Waals surface area contributed by atoms with Crippen LogP contribution in [0.25, 0.3) is 11.3 Å². The number of aromatic nitrogens is 2. The number of para-hydroxylation sites is 1. The monoisotopic (exact) mass is 413 g/mol. The van der Waals surface area contributed by atoms with Crippen molar-refractivity contribution in [3.63, 3.8) is 0 Å². The first-order valence-corrected chi connectivity index (χ1v) is 8.95. The van der Waals surface area contributed by atoms with Crippen LogP contribution in [0.2, 0.25) is 0 Å². The molecule has 0 bridgehead atoms. The first-order valence-electron chi connectivity index (χ1n) is 8.15. The molecule has 7 heteroatoms. The van der Waals surface area contributed by atoms with Crippen LogP contribution in [0, 0.1) is 0 Å². The molecule has 0 saturated heterocycles. The Bertz CT molecular complexity index is 968. The summed E-state index contributed by atoms with van der Waals surface area (Å²) in [4.78, 5) is 14.5. The van der Waals surface area contributed by atoms with Crippen molar-refractivity contribution >= 4 is 21.8 Å². The van der Waals surface area contributed by atoms with E-state index >= 15 is 0 Å². The topological polar surface area (TPSA) is 89.5 Å². The summed E-state index contributed by atoms with van der Waals surface area (Å²) in [6.45, 7) is 0.0741. The van der Waals surface area contributed by atoms with Crippen LogP contribution >= 0.6 is 15.9 Å². The van der Waals surface area contributed by atoms with Crippen molar-refractivity contribution in [2.75, 3.05) is 13.2 Å². The summed E-state index contributed by atoms with van der Waals surface area (Å²) in [5, 5.41) is 26.8. The number of rotatable bonds is 4. The van der Waals surface area contributed by atoms with E-state index in [1.54, 1.807) is 23.1 Å². The molecule has 0 unspecified atom stereocenters. The number of nitrogens with zero attached hydrogens (tertiary/aromatic N) is 2. The average Bonchev–Trinajstić information content (AvgIpc) is 3.17. The minimum atomic E-state index is -0.383. The fourth-order valence-electron chi connectivity index (χ4n) is 3.41. The highest BCUT2D eigenvalue weighted by molar-refractivity contribution is 9.10. The summed E-state index contributed by atoms with van der Waals surface area (Å²) in [6.07, 6.45) is 0. The Labute approximate surface area is 158 Å². The standard InChI is InChI=1S/C19H16BrN3O3/c20-12-7-5-11(6-8-12)18-15-16(13-3-1-2-4-14(13)25)21-22-17(15)19(26)23(18)9-10-24/h1-8,18,24-25H,9-10H2,(H,21,22)/t18-/m0/s1. The van der Waals surface area contributed by atoms with Crippen LogP contribution < -0.4 is 0 Å². The summed E-state index contributed by atoms with van der Waals surface area (Å²) in [5.41, 5.74) is 3.12. The number of fused-ring (bicyclic) bond motifs is 1. The number of aliphatic hydroxyl groups excluding tert-OH is 1. The number of aromatic amines is 1. The van der Waals surface area contributed by atoms with Crippen LogP contribution in [-0.2, 0) is 0 Å². The van der Waals surface area contributed by atoms with Gasteiger partial charge in [0.2, 0.25) is 0 Å². The molecule has 0 aliphatic carbocycles. The number of benzene rings is 2. The molecule has 0 fully saturated rings. The Balaban J connectivity index is 1.91. The van der Waals surface area contributed by atoms with Crippen molar-refractivity contribution in [1.29, 1.82) is 0 Å². The molecule has 0 spiro atoms. The maximum absolute atomic E-state index is 12.8. The van der Waals surface area contributed by atoms with Gasteiger partial charge in [0.25, 0.3) is 5.91 Å². The Kier molecular flexibility index (Phi) is 4.26. The van der Waals surface area contributed by atoms with Gasteiger partial charge in [-0.2, -0.15) is 5.10 Å². The lowest BCUT2D eigenvalue weighted by Crippen LogP contribution is -2.32. The largest absolute Gasteiger partial charge is 0.507 e. The lowest BCUT2D eigenvalue weighted by atomic mass is 9.96. The molecule has 3 aromatic rings. The molecule has 4 rings (SSSR count). The summed E-state index contributed by atoms with van der Waals surface area (Å²) in [5.74, 6) is -0.111. The summed E-state index contributed by atoms with van der Waals surface area (Å²) < 4.78 is 0.938. The molecule has 2 aromatic carbocycles. The van der Waals surface area contributed by atoms with Gasteiger partial charge in [0.05, 0.1) is 12.6 Å². The zero-order chi connectivity index (χ0) is 18.3. The van der Waals surface area contributed by atoms with E-state index in [4.69, 9.17) is 0 Å². The molecule has 2 heterocycles. The van der Waals surface area contributed by atoms with Gasteiger partial charge < -0.3 is 15.1 Å². The molecular weight excluding hydrogens is 398 g/mol. The SMILES string of the molecule is O=C1c2[nH]nc(-c3ccccc3O)c2[C@H](c2ccc(Br)cc2)N1CCO. The van der Waals surface area contributed by atoms with E-state index < -0.39 is 0 Å². The number of β-amino-alcohol motifs (C(OH)–C–C–N with tert-alkyl or cyclic N) is 1. The molecule has 1 aliphatic heterocycles. The molecule has 1 aliphatic rings. The van der Waals surface area contributed by atoms with Gasteiger partial charge in [-0.1, -0.05) is 40.2 Å². The van der Waals surface area contributed by atoms with Gasteiger partial charge in [0.1, 0.15) is 17.1 Å². The van der Waals surface area contributed by atoms with Gasteiger partial charge in [-0.25, -0.2) is 0 Å². The van der Waals surface area contributed by atoms with E-state index in [-0.39, 0.29) is 30.9 Å². The zero-order valence-corrected chi connectivity index (χ0v) is 15.3. The number of amides is 1. The number of carbonyl (C=O) groups excluding carboxylic acids is 1. The second-order valence-electron chi connectivity index (χ2n) is 6.05. The van der Waals surface area contributed by atoms with Gasteiger partial charge in [-0.05, 0) is 29.8 Å². The van der Waals surface area contributed by atoms with Crippen LogP contribution in [0.15, 0.2) is 53.0 Å². The fraction of sp³-hybridized carbons (Fsp3) is 0.158. The smallest absolute Gasteiger partial charge is 0.273 e. The number of aromatic hydroxyl groups is 1. The Hall–Kier alpha value is -2.64. The number of phenols is 1. The lowest BCUT2D eigenvalue weighted by Gasteiger charge is -2.25. The van der Waals surface area contributed by atoms with Crippen molar-refractivity contribution < 1.29 is 15.0 Å². The number of carbonyl (C=O) groups is 1. The highest BCUT2D eigenvalue weighted by Gasteiger charge is 2.42. The van der Waals surface area contributed by atoms with Crippen molar-refractivity contribution in [2.45, 2.75) is 6.04 Å². The molecule has 132 valence electrons. The van der Waals surface area contributed by atoms with Crippen molar-refractivity contribution in [3.05, 3.63) is 69.8 Å². The Morgan fingerprint density at radius 3 is 2.58 bits per heavy atom. The summed E-state index contributed by atoms with van der Waals surface area (Å²) >= 11 is 3.42. The lowest BCUT2D eigenvalue weighted by molar-refractivity contribution is 0.0706. The fourth-order valence-corrected chi connectivity index (χ4v) is 3.67. The normalized spacial score (nSPS) is 16.2. The third-order valence-corrected chi connectivity index (χ3v) is 5.08. The van der Waals surface area contributed by atoms with E-state index in [9.17, 15) is 15.0 Å². The molecule has 1 atom stereocenters. The number of halogens is 1. The Morgan fingerprint density at radius 1 is 1.15 bits per heavy atom. The summed E-state index contributed by atoms with van der Waals surface area (Å²) in [7, 11) is 0. The van der Waals surface area contributed by atoms with E-state index in [1.165, 1.54) is 0 Å². The van der Waals surface area contributed by atoms with E-state index in [1.807, 2.05) is 30.3 Å². The predicted octanol–water partition coefficient (Wildman–Crippen LogP) is 3.08. The number of phenolic OH excluding ortho intramolecular Hbond substituents is 1.